The molecule has 10 nitrogen and oxygen atoms in total. The Bertz CT molecular complexity index is 1600. The molecule has 38 heavy (non-hydrogen) atoms. The molecule has 0 fully saturated rings. The number of ether oxygens (including phenoxy) is 1. The highest BCUT2D eigenvalue weighted by Crippen LogP contribution is 2.31. The molecule has 0 bridgehead atoms. The Balaban J connectivity index is 1.67. The third-order valence-electron chi connectivity index (χ3n) is 6.23. The van der Waals surface area contributed by atoms with Crippen LogP contribution in [0.15, 0.2) is 59.8 Å². The number of aromatic nitrogens is 3. The van der Waals surface area contributed by atoms with E-state index in [1.807, 2.05) is 19.1 Å². The molecule has 0 saturated carbocycles. The van der Waals surface area contributed by atoms with Crippen molar-refractivity contribution in [2.75, 3.05) is 37.9 Å². The number of nitrogens with zero attached hydrogens (tertiary/aromatic N) is 4. The molecule has 4 rings (SSSR count). The van der Waals surface area contributed by atoms with Crippen molar-refractivity contribution in [3.8, 4) is 16.9 Å². The monoisotopic (exact) mass is 534 g/mol. The lowest BCUT2D eigenvalue weighted by atomic mass is 9.98. The minimum atomic E-state index is -3.71. The fourth-order valence-electron chi connectivity index (χ4n) is 4.12. The van der Waals surface area contributed by atoms with E-state index in [0.717, 1.165) is 22.1 Å². The average molecular weight is 535 g/mol. The van der Waals surface area contributed by atoms with Crippen molar-refractivity contribution >= 4 is 38.6 Å². The number of carbonyl (C=O) groups is 1. The van der Waals surface area contributed by atoms with E-state index in [0.29, 0.717) is 36.0 Å². The first kappa shape index (κ1) is 27.0. The van der Waals surface area contributed by atoms with Gasteiger partial charge < -0.3 is 15.4 Å². The second-order valence-corrected chi connectivity index (χ2v) is 10.5. The summed E-state index contributed by atoms with van der Waals surface area (Å²) in [6, 6.07) is 11.7. The molecule has 0 aliphatic heterocycles. The minimum absolute atomic E-state index is 0.0767. The molecule has 0 spiro atoms. The van der Waals surface area contributed by atoms with Gasteiger partial charge in [0.2, 0.25) is 16.0 Å². The van der Waals surface area contributed by atoms with Crippen LogP contribution in [0.25, 0.3) is 22.2 Å². The second-order valence-electron chi connectivity index (χ2n) is 8.52. The number of nitrogens with one attached hydrogen (secondary N) is 2. The Morgan fingerprint density at radius 2 is 1.79 bits per heavy atom. The normalized spacial score (nSPS) is 11.5. The molecule has 0 unspecified atom stereocenters. The Labute approximate surface area is 222 Å². The first-order chi connectivity index (χ1) is 18.2. The van der Waals surface area contributed by atoms with Crippen molar-refractivity contribution in [2.24, 2.45) is 0 Å². The Morgan fingerprint density at radius 3 is 2.47 bits per heavy atom. The summed E-state index contributed by atoms with van der Waals surface area (Å²) in [4.78, 5) is 26.4. The van der Waals surface area contributed by atoms with E-state index in [1.54, 1.807) is 45.4 Å². The maximum Gasteiger partial charge on any atom is 0.255 e. The van der Waals surface area contributed by atoms with Crippen LogP contribution in [0.4, 0.5) is 11.6 Å². The fraction of sp³-hybridized carbons (Fsp3) is 0.259. The summed E-state index contributed by atoms with van der Waals surface area (Å²) in [6.07, 6.45) is 3.41. The lowest BCUT2D eigenvalue weighted by Gasteiger charge is -2.19. The molecule has 0 aliphatic rings. The van der Waals surface area contributed by atoms with Gasteiger partial charge in [-0.05, 0) is 54.4 Å². The van der Waals surface area contributed by atoms with Gasteiger partial charge in [-0.25, -0.2) is 18.4 Å². The Kier molecular flexibility index (Phi) is 7.88. The zero-order chi connectivity index (χ0) is 27.4. The molecule has 2 aromatic heterocycles. The number of anilines is 2. The lowest BCUT2D eigenvalue weighted by Crippen LogP contribution is -2.30. The van der Waals surface area contributed by atoms with E-state index < -0.39 is 15.9 Å². The van der Waals surface area contributed by atoms with Crippen molar-refractivity contribution in [1.82, 2.24) is 19.3 Å². The van der Waals surface area contributed by atoms with Crippen molar-refractivity contribution in [3.05, 3.63) is 66.0 Å². The molecule has 1 amide bonds. The van der Waals surface area contributed by atoms with Gasteiger partial charge >= 0.3 is 0 Å². The number of hydrogen-bond acceptors (Lipinski definition) is 8. The van der Waals surface area contributed by atoms with Crippen LogP contribution in [0.2, 0.25) is 0 Å². The molecule has 198 valence electrons. The Hall–Kier alpha value is -4.09. The summed E-state index contributed by atoms with van der Waals surface area (Å²) in [5.74, 6) is 0.429. The fourth-order valence-corrected chi connectivity index (χ4v) is 5.60. The number of carbonyl (C=O) groups excluding carboxylic acids is 1. The first-order valence-electron chi connectivity index (χ1n) is 12.1. The number of pyridine rings is 1. The molecular weight excluding hydrogens is 504 g/mol. The van der Waals surface area contributed by atoms with Gasteiger partial charge in [-0.1, -0.05) is 19.9 Å². The van der Waals surface area contributed by atoms with Crippen LogP contribution in [-0.4, -0.2) is 60.8 Å². The molecule has 0 aliphatic carbocycles. The molecular formula is C27H30N6O4S. The van der Waals surface area contributed by atoms with Gasteiger partial charge in [-0.3, -0.25) is 4.79 Å². The summed E-state index contributed by atoms with van der Waals surface area (Å²) >= 11 is 0. The van der Waals surface area contributed by atoms with Crippen LogP contribution < -0.4 is 15.4 Å². The number of benzene rings is 2. The highest BCUT2D eigenvalue weighted by Gasteiger charge is 2.23. The first-order valence-corrected chi connectivity index (χ1v) is 13.6. The third kappa shape index (κ3) is 5.29. The standard InChI is InChI=1S/C27H30N6O4S/c1-6-33(7-2)38(35,36)21-10-11-24(37-5)23(14-21)31-26(34)18-9-8-17(3)22(13-18)19-12-20-16-30-27(28-4)32-25(20)29-15-19/h8-16H,6-7H2,1-5H3,(H,31,34)(H,28,29,30,32). The van der Waals surface area contributed by atoms with Crippen molar-refractivity contribution in [3.63, 3.8) is 0 Å². The topological polar surface area (TPSA) is 126 Å². The van der Waals surface area contributed by atoms with Crippen molar-refractivity contribution in [1.29, 1.82) is 0 Å². The van der Waals surface area contributed by atoms with E-state index in [1.165, 1.54) is 29.6 Å². The van der Waals surface area contributed by atoms with Crippen LogP contribution in [-0.2, 0) is 10.0 Å². The zero-order valence-corrected chi connectivity index (χ0v) is 22.8. The van der Waals surface area contributed by atoms with Gasteiger partial charge in [0.05, 0.1) is 17.7 Å². The molecule has 2 aromatic carbocycles. The highest BCUT2D eigenvalue weighted by atomic mass is 32.2. The van der Waals surface area contributed by atoms with Gasteiger partial charge in [0.25, 0.3) is 5.91 Å². The van der Waals surface area contributed by atoms with Crippen LogP contribution >= 0.6 is 0 Å². The summed E-state index contributed by atoms with van der Waals surface area (Å²) < 4.78 is 32.8. The van der Waals surface area contributed by atoms with Crippen molar-refractivity contribution in [2.45, 2.75) is 25.7 Å². The van der Waals surface area contributed by atoms with E-state index in [2.05, 4.69) is 25.6 Å². The highest BCUT2D eigenvalue weighted by molar-refractivity contribution is 7.89. The van der Waals surface area contributed by atoms with E-state index in [4.69, 9.17) is 4.74 Å². The number of rotatable bonds is 9. The summed E-state index contributed by atoms with van der Waals surface area (Å²) in [6.45, 7) is 6.18. The number of aryl methyl sites for hydroxylation is 1. The van der Waals surface area contributed by atoms with E-state index in [-0.39, 0.29) is 10.6 Å². The smallest absolute Gasteiger partial charge is 0.255 e. The summed E-state index contributed by atoms with van der Waals surface area (Å²) in [5.41, 5.74) is 3.82. The molecule has 0 radical (unpaired) electrons. The van der Waals surface area contributed by atoms with Gasteiger partial charge in [0.15, 0.2) is 5.65 Å². The quantitative estimate of drug-likeness (QED) is 0.325. The molecule has 11 heteroatoms. The van der Waals surface area contributed by atoms with Gasteiger partial charge in [-0.2, -0.15) is 9.29 Å². The van der Waals surface area contributed by atoms with Gasteiger partial charge in [0, 0.05) is 49.0 Å². The minimum Gasteiger partial charge on any atom is -0.495 e. The number of sulfonamides is 1. The lowest BCUT2D eigenvalue weighted by molar-refractivity contribution is 0.102. The molecule has 2 N–H and O–H groups in total. The Morgan fingerprint density at radius 1 is 1.03 bits per heavy atom. The summed E-state index contributed by atoms with van der Waals surface area (Å²) in [7, 11) is -0.511. The SMILES string of the molecule is CCN(CC)S(=O)(=O)c1ccc(OC)c(NC(=O)c2ccc(C)c(-c3cnc4nc(NC)ncc4c3)c2)c1. The van der Waals surface area contributed by atoms with Crippen molar-refractivity contribution < 1.29 is 17.9 Å². The molecule has 4 aromatic rings. The van der Waals surface area contributed by atoms with Crippen LogP contribution in [0, 0.1) is 6.92 Å². The number of fused-ring (bicyclic) bond motifs is 1. The third-order valence-corrected chi connectivity index (χ3v) is 8.28. The van der Waals surface area contributed by atoms with E-state index in [9.17, 15) is 13.2 Å². The summed E-state index contributed by atoms with van der Waals surface area (Å²) in [5, 5.41) is 6.48. The van der Waals surface area contributed by atoms with Crippen LogP contribution in [0.3, 0.4) is 0 Å². The number of amides is 1. The van der Waals surface area contributed by atoms with Gasteiger partial charge in [0.1, 0.15) is 5.75 Å². The second kappa shape index (κ2) is 11.1. The predicted molar refractivity (Wildman–Crippen MR) is 148 cm³/mol. The maximum absolute atomic E-state index is 13.3. The van der Waals surface area contributed by atoms with Gasteiger partial charge in [-0.15, -0.1) is 0 Å². The number of methoxy groups -OCH3 is 1. The molecule has 0 saturated heterocycles. The van der Waals surface area contributed by atoms with E-state index >= 15 is 0 Å². The largest absolute Gasteiger partial charge is 0.495 e. The molecule has 2 heterocycles. The average Bonchev–Trinajstić information content (AvgIpc) is 2.93. The molecule has 0 atom stereocenters. The number of hydrogen-bond donors (Lipinski definition) is 2. The predicted octanol–water partition coefficient (Wildman–Crippen LogP) is 4.33. The maximum atomic E-state index is 13.3. The van der Waals surface area contributed by atoms with Crippen LogP contribution in [0.5, 0.6) is 5.75 Å². The van der Waals surface area contributed by atoms with Crippen LogP contribution in [0.1, 0.15) is 29.8 Å². The zero-order valence-electron chi connectivity index (χ0n) is 21.9.